The fourth-order valence-electron chi connectivity index (χ4n) is 2.57. The summed E-state index contributed by atoms with van der Waals surface area (Å²) in [5.74, 6) is -0.0826. The molecule has 0 aliphatic carbocycles. The van der Waals surface area contributed by atoms with Crippen LogP contribution in [0.25, 0.3) is 0 Å². The third kappa shape index (κ3) is 2.80. The molecule has 0 radical (unpaired) electrons. The highest BCUT2D eigenvalue weighted by molar-refractivity contribution is 5.98. The lowest BCUT2D eigenvalue weighted by molar-refractivity contribution is -0.159. The summed E-state index contributed by atoms with van der Waals surface area (Å²) in [6, 6.07) is -0.331. The van der Waals surface area contributed by atoms with E-state index in [0.29, 0.717) is 6.54 Å². The number of piperazine rings is 1. The van der Waals surface area contributed by atoms with E-state index in [2.05, 4.69) is 0 Å². The minimum absolute atomic E-state index is 0.00194. The Morgan fingerprint density at radius 3 is 2.58 bits per heavy atom. The predicted molar refractivity (Wildman–Crippen MR) is 70.4 cm³/mol. The molecule has 2 heterocycles. The van der Waals surface area contributed by atoms with Crippen molar-refractivity contribution in [2.24, 2.45) is 5.41 Å². The topological polar surface area (TPSA) is 57.7 Å². The van der Waals surface area contributed by atoms with Crippen LogP contribution in [0.2, 0.25) is 0 Å². The zero-order valence-electron chi connectivity index (χ0n) is 11.9. The highest BCUT2D eigenvalue weighted by Crippen LogP contribution is 2.24. The van der Waals surface area contributed by atoms with E-state index >= 15 is 0 Å². The number of hydrogen-bond donors (Lipinski definition) is 0. The number of fused-ring (bicyclic) bond motifs is 1. The van der Waals surface area contributed by atoms with Gasteiger partial charge < -0.3 is 9.80 Å². The summed E-state index contributed by atoms with van der Waals surface area (Å²) in [4.78, 5) is 39.5. The number of carbonyl (C=O) groups excluding carboxylic acids is 3. The molecule has 5 nitrogen and oxygen atoms in total. The molecule has 0 spiro atoms. The van der Waals surface area contributed by atoms with Crippen LogP contribution in [0.1, 0.15) is 40.0 Å². The smallest absolute Gasteiger partial charge is 0.246 e. The molecule has 2 fully saturated rings. The molecule has 2 aliphatic heterocycles. The number of ketones is 1. The number of piperidine rings is 1. The number of Topliss-reactive ketones (excluding diaryl/α,β-unsaturated/α-hetero) is 1. The molecule has 0 bridgehead atoms. The van der Waals surface area contributed by atoms with E-state index in [-0.39, 0.29) is 36.7 Å². The molecule has 106 valence electrons. The summed E-state index contributed by atoms with van der Waals surface area (Å²) in [6.07, 6.45) is 2.67. The Hall–Kier alpha value is -1.39. The first kappa shape index (κ1) is 14.0. The van der Waals surface area contributed by atoms with Crippen molar-refractivity contribution in [1.82, 2.24) is 9.80 Å². The first-order chi connectivity index (χ1) is 8.80. The standard InChI is InChI=1S/C14H22N2O3/c1-14(2,3)11(17)8-15-9-12(18)16-7-5-4-6-10(16)13(15)19/h10H,4-9H2,1-3H3. The van der Waals surface area contributed by atoms with Crippen molar-refractivity contribution in [2.75, 3.05) is 19.6 Å². The summed E-state index contributed by atoms with van der Waals surface area (Å²) >= 11 is 0. The fourth-order valence-corrected chi connectivity index (χ4v) is 2.57. The highest BCUT2D eigenvalue weighted by Gasteiger charge is 2.41. The Labute approximate surface area is 113 Å². The third-order valence-electron chi connectivity index (χ3n) is 3.92. The number of carbonyl (C=O) groups is 3. The zero-order chi connectivity index (χ0) is 14.2. The van der Waals surface area contributed by atoms with Crippen molar-refractivity contribution in [3.05, 3.63) is 0 Å². The van der Waals surface area contributed by atoms with Crippen LogP contribution in [0.3, 0.4) is 0 Å². The summed E-state index contributed by atoms with van der Waals surface area (Å²) < 4.78 is 0. The maximum atomic E-state index is 12.3. The highest BCUT2D eigenvalue weighted by atomic mass is 16.2. The van der Waals surface area contributed by atoms with Crippen molar-refractivity contribution in [3.63, 3.8) is 0 Å². The normalized spacial score (nSPS) is 24.5. The Balaban J connectivity index is 2.09. The van der Waals surface area contributed by atoms with E-state index in [1.807, 2.05) is 20.8 Å². The molecule has 5 heteroatoms. The van der Waals surface area contributed by atoms with E-state index in [1.54, 1.807) is 4.90 Å². The van der Waals surface area contributed by atoms with Crippen LogP contribution in [0, 0.1) is 5.41 Å². The Morgan fingerprint density at radius 1 is 1.26 bits per heavy atom. The molecule has 0 aromatic carbocycles. The molecular weight excluding hydrogens is 244 g/mol. The minimum atomic E-state index is -0.479. The maximum absolute atomic E-state index is 12.3. The predicted octanol–water partition coefficient (Wildman–Crippen LogP) is 0.825. The van der Waals surface area contributed by atoms with E-state index in [1.165, 1.54) is 4.90 Å². The lowest BCUT2D eigenvalue weighted by Crippen LogP contribution is -2.62. The Bertz CT molecular complexity index is 411. The van der Waals surface area contributed by atoms with Crippen LogP contribution in [0.4, 0.5) is 0 Å². The van der Waals surface area contributed by atoms with Crippen molar-refractivity contribution >= 4 is 17.6 Å². The molecule has 2 aliphatic rings. The van der Waals surface area contributed by atoms with E-state index in [0.717, 1.165) is 19.3 Å². The van der Waals surface area contributed by atoms with Gasteiger partial charge in [0, 0.05) is 12.0 Å². The third-order valence-corrected chi connectivity index (χ3v) is 3.92. The van der Waals surface area contributed by atoms with Gasteiger partial charge in [0.2, 0.25) is 11.8 Å². The SMILES string of the molecule is CC(C)(C)C(=O)CN1CC(=O)N2CCCCC2C1=O. The molecule has 1 atom stereocenters. The van der Waals surface area contributed by atoms with Crippen molar-refractivity contribution < 1.29 is 14.4 Å². The molecule has 2 rings (SSSR count). The van der Waals surface area contributed by atoms with Crippen LogP contribution >= 0.6 is 0 Å². The summed E-state index contributed by atoms with van der Waals surface area (Å²) in [5.41, 5.74) is -0.479. The minimum Gasteiger partial charge on any atom is -0.329 e. The number of amides is 2. The van der Waals surface area contributed by atoms with Gasteiger partial charge in [-0.15, -0.1) is 0 Å². The summed E-state index contributed by atoms with van der Waals surface area (Å²) in [7, 11) is 0. The van der Waals surface area contributed by atoms with Gasteiger partial charge in [0.1, 0.15) is 12.6 Å². The number of hydrogen-bond acceptors (Lipinski definition) is 3. The molecule has 0 aromatic heterocycles. The van der Waals surface area contributed by atoms with Gasteiger partial charge in [-0.25, -0.2) is 0 Å². The average molecular weight is 266 g/mol. The van der Waals surface area contributed by atoms with Crippen molar-refractivity contribution in [3.8, 4) is 0 Å². The lowest BCUT2D eigenvalue weighted by Gasteiger charge is -2.42. The molecule has 2 saturated heterocycles. The second kappa shape index (κ2) is 4.94. The van der Waals surface area contributed by atoms with Gasteiger partial charge in [0.05, 0.1) is 6.54 Å². The van der Waals surface area contributed by atoms with Crippen LogP contribution in [0.15, 0.2) is 0 Å². The second-order valence-electron chi connectivity index (χ2n) is 6.47. The average Bonchev–Trinajstić information content (AvgIpc) is 2.34. The van der Waals surface area contributed by atoms with Gasteiger partial charge >= 0.3 is 0 Å². The zero-order valence-corrected chi connectivity index (χ0v) is 11.9. The molecular formula is C14H22N2O3. The number of rotatable bonds is 2. The Morgan fingerprint density at radius 2 is 1.95 bits per heavy atom. The van der Waals surface area contributed by atoms with E-state index in [4.69, 9.17) is 0 Å². The molecule has 2 amide bonds. The van der Waals surface area contributed by atoms with E-state index in [9.17, 15) is 14.4 Å². The Kier molecular flexibility index (Phi) is 3.65. The fraction of sp³-hybridized carbons (Fsp3) is 0.786. The monoisotopic (exact) mass is 266 g/mol. The van der Waals surface area contributed by atoms with Crippen molar-refractivity contribution in [2.45, 2.75) is 46.1 Å². The molecule has 1 unspecified atom stereocenters. The van der Waals surface area contributed by atoms with Crippen LogP contribution in [0.5, 0.6) is 0 Å². The first-order valence-corrected chi connectivity index (χ1v) is 6.92. The summed E-state index contributed by atoms with van der Waals surface area (Å²) in [5, 5.41) is 0. The molecule has 0 N–H and O–H groups in total. The first-order valence-electron chi connectivity index (χ1n) is 6.92. The molecule has 0 saturated carbocycles. The quantitative estimate of drug-likeness (QED) is 0.743. The van der Waals surface area contributed by atoms with Gasteiger partial charge in [-0.1, -0.05) is 20.8 Å². The summed E-state index contributed by atoms with van der Waals surface area (Å²) in [6.45, 7) is 6.28. The van der Waals surface area contributed by atoms with Crippen molar-refractivity contribution in [1.29, 1.82) is 0 Å². The van der Waals surface area contributed by atoms with Gasteiger partial charge in [-0.3, -0.25) is 14.4 Å². The van der Waals surface area contributed by atoms with Gasteiger partial charge in [0.25, 0.3) is 0 Å². The van der Waals surface area contributed by atoms with Gasteiger partial charge in [-0.2, -0.15) is 0 Å². The lowest BCUT2D eigenvalue weighted by atomic mass is 9.90. The number of nitrogens with zero attached hydrogens (tertiary/aromatic N) is 2. The molecule has 19 heavy (non-hydrogen) atoms. The second-order valence-corrected chi connectivity index (χ2v) is 6.47. The molecule has 0 aromatic rings. The van der Waals surface area contributed by atoms with Gasteiger partial charge in [-0.05, 0) is 19.3 Å². The van der Waals surface area contributed by atoms with Crippen LogP contribution in [-0.2, 0) is 14.4 Å². The van der Waals surface area contributed by atoms with Crippen LogP contribution < -0.4 is 0 Å². The maximum Gasteiger partial charge on any atom is 0.246 e. The van der Waals surface area contributed by atoms with Gasteiger partial charge in [0.15, 0.2) is 5.78 Å². The largest absolute Gasteiger partial charge is 0.329 e. The van der Waals surface area contributed by atoms with Crippen LogP contribution in [-0.4, -0.2) is 53.1 Å². The van der Waals surface area contributed by atoms with E-state index < -0.39 is 5.41 Å².